The number of aliphatic hydroxyl groups excluding tert-OH is 4. The number of ether oxygens (including phenoxy) is 4. The zero-order chi connectivity index (χ0) is 50.6. The number of aryl methyl sites for hydroxylation is 1. The Morgan fingerprint density at radius 3 is 2.42 bits per heavy atom. The van der Waals surface area contributed by atoms with Crippen LogP contribution in [0.5, 0.6) is 5.75 Å². The van der Waals surface area contributed by atoms with Gasteiger partial charge in [-0.05, 0) is 115 Å². The lowest BCUT2D eigenvalue weighted by molar-refractivity contribution is -0.208. The van der Waals surface area contributed by atoms with Crippen molar-refractivity contribution in [2.75, 3.05) is 26.6 Å². The highest BCUT2D eigenvalue weighted by Gasteiger charge is 2.61. The van der Waals surface area contributed by atoms with E-state index in [0.717, 1.165) is 48.8 Å². The molecule has 12 heteroatoms. The molecule has 0 unspecified atom stereocenters. The summed E-state index contributed by atoms with van der Waals surface area (Å²) in [5.74, 6) is -2.04. The van der Waals surface area contributed by atoms with Gasteiger partial charge in [-0.25, -0.2) is 9.59 Å². The van der Waals surface area contributed by atoms with Gasteiger partial charge in [0.1, 0.15) is 18.1 Å². The maximum absolute atomic E-state index is 15.4. The Bertz CT molecular complexity index is 2950. The number of benzene rings is 4. The molecule has 12 nitrogen and oxygen atoms in total. The van der Waals surface area contributed by atoms with Gasteiger partial charge in [0.05, 0.1) is 25.4 Å². The Morgan fingerprint density at radius 1 is 0.836 bits per heavy atom. The molecule has 4 aromatic carbocycles. The Labute approximate surface area is 426 Å². The van der Waals surface area contributed by atoms with E-state index in [4.69, 9.17) is 23.4 Å². The van der Waals surface area contributed by atoms with Crippen LogP contribution in [0.15, 0.2) is 136 Å². The summed E-state index contributed by atoms with van der Waals surface area (Å²) in [5, 5.41) is 41.6. The molecule has 6 aliphatic rings. The van der Waals surface area contributed by atoms with Crippen LogP contribution < -0.4 is 10.4 Å². The van der Waals surface area contributed by atoms with Gasteiger partial charge < -0.3 is 43.8 Å². The van der Waals surface area contributed by atoms with Crippen molar-refractivity contribution in [1.29, 1.82) is 0 Å². The van der Waals surface area contributed by atoms with E-state index >= 15 is 9.59 Å². The second kappa shape index (κ2) is 22.1. The molecule has 1 spiro atoms. The minimum Gasteiger partial charge on any atom is -0.482 e. The molecule has 4 heterocycles. The Balaban J connectivity index is 1.12. The Hall–Kier alpha value is -6.15. The van der Waals surface area contributed by atoms with Crippen molar-refractivity contribution in [2.24, 2.45) is 17.8 Å². The Kier molecular flexibility index (Phi) is 15.3. The first-order valence-corrected chi connectivity index (χ1v) is 26.1. The molecular formula is C61H66O12. The smallest absolute Gasteiger partial charge is 0.340 e. The summed E-state index contributed by atoms with van der Waals surface area (Å²) in [6.45, 7) is -0.307. The second-order valence-corrected chi connectivity index (χ2v) is 20.8. The van der Waals surface area contributed by atoms with Crippen molar-refractivity contribution in [3.63, 3.8) is 0 Å². The van der Waals surface area contributed by atoms with E-state index in [1.165, 1.54) is 11.1 Å². The number of fused-ring (bicyclic) bond motifs is 13. The zero-order valence-electron chi connectivity index (χ0n) is 41.5. The van der Waals surface area contributed by atoms with Gasteiger partial charge in [-0.3, -0.25) is 4.79 Å². The fraction of sp³-hybridized carbons (Fsp3) is 0.426. The molecule has 2 bridgehead atoms. The summed E-state index contributed by atoms with van der Waals surface area (Å²) in [5.41, 5.74) is 4.89. The van der Waals surface area contributed by atoms with Gasteiger partial charge >= 0.3 is 17.6 Å². The second-order valence-electron chi connectivity index (χ2n) is 20.8. The molecule has 1 saturated carbocycles. The first kappa shape index (κ1) is 50.4. The lowest BCUT2D eigenvalue weighted by atomic mass is 9.62. The first-order valence-electron chi connectivity index (χ1n) is 26.1. The highest BCUT2D eigenvalue weighted by atomic mass is 16.6. The topological polar surface area (TPSA) is 182 Å². The fourth-order valence-corrected chi connectivity index (χ4v) is 12.8. The zero-order valence-corrected chi connectivity index (χ0v) is 41.5. The summed E-state index contributed by atoms with van der Waals surface area (Å²) in [4.78, 5) is 44.9. The quantitative estimate of drug-likeness (QED) is 0.0324. The number of esters is 2. The largest absolute Gasteiger partial charge is 0.482 e. The Morgan fingerprint density at radius 2 is 1.64 bits per heavy atom. The number of hydrogen-bond donors (Lipinski definition) is 4. The maximum Gasteiger partial charge on any atom is 0.340 e. The van der Waals surface area contributed by atoms with Crippen LogP contribution in [-0.4, -0.2) is 70.7 Å². The average Bonchev–Trinajstić information content (AvgIpc) is 3.40. The number of carbonyl (C=O) groups is 2. The van der Waals surface area contributed by atoms with Crippen LogP contribution in [0.25, 0.3) is 11.0 Å². The third-order valence-electron chi connectivity index (χ3n) is 16.5. The molecule has 3 aliphatic heterocycles. The molecule has 4 N–H and O–H groups in total. The van der Waals surface area contributed by atoms with Crippen molar-refractivity contribution < 1.29 is 53.4 Å². The molecule has 3 aliphatic carbocycles. The van der Waals surface area contributed by atoms with Crippen molar-refractivity contribution in [1.82, 2.24) is 0 Å². The molecule has 0 saturated heterocycles. The van der Waals surface area contributed by atoms with E-state index in [1.807, 2.05) is 6.07 Å². The maximum atomic E-state index is 15.4. The number of allylic oxidation sites excluding steroid dienone is 3. The highest BCUT2D eigenvalue weighted by molar-refractivity contribution is 5.90. The summed E-state index contributed by atoms with van der Waals surface area (Å²) < 4.78 is 32.8. The minimum atomic E-state index is -1.35. The van der Waals surface area contributed by atoms with Crippen LogP contribution in [0, 0.1) is 17.8 Å². The fourth-order valence-electron chi connectivity index (χ4n) is 12.8. The number of carbonyl (C=O) groups excluding carboxylic acids is 2. The van der Waals surface area contributed by atoms with E-state index in [2.05, 4.69) is 97.1 Å². The van der Waals surface area contributed by atoms with Gasteiger partial charge in [0.2, 0.25) is 0 Å². The standard InChI is InChI=1S/C61H66O12/c1-37(33-63)47-22-18-38-16-19-41(20-17-38)48-23-21-44(43-13-7-11-40(30-43)29-39-9-3-2-4-10-39)31-46(48)32-53(66)70-57-55-52(73-61(58(57)72-59(47)67)27-8-14-42-12-5-6-15-51(42)61)25-24-49-50(34-64)54(60(68)71-56(49)55)45(26-28-62)35-69-36-65/h2-4,7-11,13-14,16-17,19-21,23-25,30,42,44-46,48,51,57-58,62-65H,5-6,12,15,18,22,26-29,31-36H2,1H3/b47-37-/t42-,44+,45+,46+,48-,51+,57+,58-,61-/m0/s1. The van der Waals surface area contributed by atoms with Gasteiger partial charge in [-0.1, -0.05) is 116 Å². The van der Waals surface area contributed by atoms with Crippen molar-refractivity contribution >= 4 is 22.9 Å². The van der Waals surface area contributed by atoms with Gasteiger partial charge in [-0.15, -0.1) is 0 Å². The summed E-state index contributed by atoms with van der Waals surface area (Å²) in [6, 6.07) is 30.9. The SMILES string of the molecule is C/C(CO)=C1\CCc2ccc(cc2)[C@@H]2C=C[C@@H](c3cccc(Cc4ccccc4)c3)C[C@@H]2CC(=O)O[C@@H]2c3c(ccc4c(CO)c([C@H](CCO)COCO)c(=O)oc34)O[C@]3(CC=C[C@@H]4CCCC[C@H]43)[C@H]2OC1=O. The van der Waals surface area contributed by atoms with E-state index in [-0.39, 0.29) is 90.9 Å². The lowest BCUT2D eigenvalue weighted by Crippen LogP contribution is -2.62. The summed E-state index contributed by atoms with van der Waals surface area (Å²) >= 11 is 0. The molecule has 73 heavy (non-hydrogen) atoms. The van der Waals surface area contributed by atoms with Crippen molar-refractivity contribution in [3.05, 3.63) is 181 Å². The van der Waals surface area contributed by atoms with E-state index in [9.17, 15) is 25.2 Å². The molecule has 0 radical (unpaired) electrons. The van der Waals surface area contributed by atoms with Gasteiger partial charge in [0.25, 0.3) is 0 Å². The molecule has 382 valence electrons. The van der Waals surface area contributed by atoms with Crippen LogP contribution in [0.2, 0.25) is 0 Å². The molecule has 5 aromatic rings. The summed E-state index contributed by atoms with van der Waals surface area (Å²) in [7, 11) is 0. The van der Waals surface area contributed by atoms with E-state index in [0.29, 0.717) is 41.5 Å². The van der Waals surface area contributed by atoms with Crippen molar-refractivity contribution in [2.45, 2.75) is 120 Å². The third kappa shape index (κ3) is 10.1. The molecule has 0 amide bonds. The lowest BCUT2D eigenvalue weighted by Gasteiger charge is -2.54. The van der Waals surface area contributed by atoms with Gasteiger partial charge in [0.15, 0.2) is 17.8 Å². The predicted molar refractivity (Wildman–Crippen MR) is 275 cm³/mol. The average molecular weight is 991 g/mol. The summed E-state index contributed by atoms with van der Waals surface area (Å²) in [6.07, 6.45) is 12.4. The monoisotopic (exact) mass is 990 g/mol. The number of aliphatic hydroxyl groups is 4. The molecule has 1 aromatic heterocycles. The third-order valence-corrected chi connectivity index (χ3v) is 16.5. The number of hydrogen-bond acceptors (Lipinski definition) is 12. The highest BCUT2D eigenvalue weighted by Crippen LogP contribution is 2.56. The minimum absolute atomic E-state index is 0.00606. The van der Waals surface area contributed by atoms with Crippen LogP contribution in [-0.2, 0) is 43.2 Å². The first-order chi connectivity index (χ1) is 35.6. The molecule has 11 rings (SSSR count). The van der Waals surface area contributed by atoms with E-state index < -0.39 is 54.7 Å². The molecular weight excluding hydrogens is 925 g/mol. The van der Waals surface area contributed by atoms with E-state index in [1.54, 1.807) is 19.1 Å². The molecule has 9 atom stereocenters. The van der Waals surface area contributed by atoms with Crippen LogP contribution >= 0.6 is 0 Å². The van der Waals surface area contributed by atoms with Crippen molar-refractivity contribution in [3.8, 4) is 5.75 Å². The van der Waals surface area contributed by atoms with Crippen LogP contribution in [0.4, 0.5) is 0 Å². The number of rotatable bonds is 11. The predicted octanol–water partition coefficient (Wildman–Crippen LogP) is 9.49. The van der Waals surface area contributed by atoms with Crippen LogP contribution in [0.3, 0.4) is 0 Å². The van der Waals surface area contributed by atoms with Crippen LogP contribution in [0.1, 0.15) is 133 Å². The van der Waals surface area contributed by atoms with Gasteiger partial charge in [0, 0.05) is 59.6 Å². The van der Waals surface area contributed by atoms with Gasteiger partial charge in [-0.2, -0.15) is 0 Å². The normalized spacial score (nSPS) is 27.0. The molecule has 1 fully saturated rings.